The number of benzene rings is 1. The van der Waals surface area contributed by atoms with Crippen molar-refractivity contribution in [2.75, 3.05) is 5.32 Å². The number of rotatable bonds is 4. The van der Waals surface area contributed by atoms with E-state index in [1.807, 2.05) is 22.6 Å². The molecule has 1 aliphatic carbocycles. The molecule has 1 N–H and O–H groups in total. The number of hydrogen-bond donors (Lipinski definition) is 1. The van der Waals surface area contributed by atoms with Crippen LogP contribution in [0.25, 0.3) is 0 Å². The standard InChI is InChI=1S/C17H13F3IN3O3/c18-13-6-9(12-2-1-5-17(12,19)20)8-22-15(13)23-16(25)11-7-10(24(26)27)3-4-14(11)21/h3-4,6-8,12H,1-2,5H2,(H,22,23,25). The molecule has 1 atom stereocenters. The number of non-ortho nitro benzene ring substituents is 1. The van der Waals surface area contributed by atoms with Crippen LogP contribution in [0.1, 0.15) is 41.1 Å². The van der Waals surface area contributed by atoms with Gasteiger partial charge in [-0.2, -0.15) is 0 Å². The molecule has 1 aliphatic rings. The lowest BCUT2D eigenvalue weighted by atomic mass is 9.96. The quantitative estimate of drug-likeness (QED) is 0.375. The van der Waals surface area contributed by atoms with E-state index in [-0.39, 0.29) is 29.7 Å². The van der Waals surface area contributed by atoms with E-state index in [2.05, 4.69) is 10.3 Å². The Hall–Kier alpha value is -2.24. The van der Waals surface area contributed by atoms with Gasteiger partial charge in [-0.1, -0.05) is 0 Å². The predicted molar refractivity (Wildman–Crippen MR) is 99.5 cm³/mol. The number of nitro benzene ring substituents is 1. The Balaban J connectivity index is 1.83. The maximum Gasteiger partial charge on any atom is 0.270 e. The van der Waals surface area contributed by atoms with Crippen molar-refractivity contribution in [3.8, 4) is 0 Å². The van der Waals surface area contributed by atoms with Crippen LogP contribution in [-0.2, 0) is 0 Å². The molecule has 10 heteroatoms. The lowest BCUT2D eigenvalue weighted by Crippen LogP contribution is -2.21. The fourth-order valence-electron chi connectivity index (χ4n) is 3.05. The fourth-order valence-corrected chi connectivity index (χ4v) is 3.63. The molecule has 3 rings (SSSR count). The van der Waals surface area contributed by atoms with E-state index in [0.29, 0.717) is 9.99 Å². The van der Waals surface area contributed by atoms with Gasteiger partial charge in [-0.3, -0.25) is 14.9 Å². The SMILES string of the molecule is O=C(Nc1ncc(C2CCCC2(F)F)cc1F)c1cc([N+](=O)[O-])ccc1I. The monoisotopic (exact) mass is 491 g/mol. The van der Waals surface area contributed by atoms with E-state index >= 15 is 0 Å². The molecule has 1 aromatic carbocycles. The number of hydrogen-bond acceptors (Lipinski definition) is 4. The van der Waals surface area contributed by atoms with Crippen molar-refractivity contribution in [1.29, 1.82) is 0 Å². The molecular weight excluding hydrogens is 478 g/mol. The zero-order valence-corrected chi connectivity index (χ0v) is 15.9. The number of nitrogens with one attached hydrogen (secondary N) is 1. The minimum Gasteiger partial charge on any atom is -0.304 e. The summed E-state index contributed by atoms with van der Waals surface area (Å²) in [6, 6.07) is 4.66. The zero-order chi connectivity index (χ0) is 19.8. The maximum atomic E-state index is 14.3. The highest BCUT2D eigenvalue weighted by atomic mass is 127. The van der Waals surface area contributed by atoms with E-state index in [1.54, 1.807) is 0 Å². The summed E-state index contributed by atoms with van der Waals surface area (Å²) in [7, 11) is 0. The fraction of sp³-hybridized carbons (Fsp3) is 0.294. The largest absolute Gasteiger partial charge is 0.304 e. The maximum absolute atomic E-state index is 14.3. The van der Waals surface area contributed by atoms with Crippen molar-refractivity contribution >= 4 is 40.0 Å². The molecule has 1 fully saturated rings. The number of alkyl halides is 2. The molecule has 1 heterocycles. The van der Waals surface area contributed by atoms with Gasteiger partial charge in [-0.25, -0.2) is 18.2 Å². The first-order valence-electron chi connectivity index (χ1n) is 7.97. The summed E-state index contributed by atoms with van der Waals surface area (Å²) in [4.78, 5) is 26.3. The van der Waals surface area contributed by atoms with Crippen LogP contribution in [-0.4, -0.2) is 21.7 Å². The second-order valence-electron chi connectivity index (χ2n) is 6.18. The Morgan fingerprint density at radius 1 is 1.37 bits per heavy atom. The normalized spacial score (nSPS) is 18.3. The summed E-state index contributed by atoms with van der Waals surface area (Å²) >= 11 is 1.82. The molecule has 1 aromatic heterocycles. The van der Waals surface area contributed by atoms with Crippen LogP contribution in [0.4, 0.5) is 24.7 Å². The molecule has 0 aliphatic heterocycles. The van der Waals surface area contributed by atoms with Crippen molar-refractivity contribution in [3.63, 3.8) is 0 Å². The van der Waals surface area contributed by atoms with Crippen LogP contribution in [0.5, 0.6) is 0 Å². The number of halogens is 4. The molecule has 6 nitrogen and oxygen atoms in total. The molecule has 27 heavy (non-hydrogen) atoms. The minimum absolute atomic E-state index is 0.0163. The molecule has 142 valence electrons. The smallest absolute Gasteiger partial charge is 0.270 e. The van der Waals surface area contributed by atoms with Crippen LogP contribution in [0.2, 0.25) is 0 Å². The van der Waals surface area contributed by atoms with E-state index in [9.17, 15) is 28.1 Å². The van der Waals surface area contributed by atoms with Crippen LogP contribution in [0, 0.1) is 19.5 Å². The Morgan fingerprint density at radius 3 is 2.70 bits per heavy atom. The number of pyridine rings is 1. The Kier molecular flexibility index (Phi) is 5.36. The van der Waals surface area contributed by atoms with Crippen LogP contribution >= 0.6 is 22.6 Å². The summed E-state index contributed by atoms with van der Waals surface area (Å²) in [5, 5.41) is 13.1. The molecule has 1 unspecified atom stereocenters. The first-order chi connectivity index (χ1) is 12.7. The first kappa shape index (κ1) is 19.5. The van der Waals surface area contributed by atoms with Gasteiger partial charge in [0, 0.05) is 34.2 Å². The number of nitrogens with zero attached hydrogens (tertiary/aromatic N) is 2. The summed E-state index contributed by atoms with van der Waals surface area (Å²) < 4.78 is 42.4. The van der Waals surface area contributed by atoms with Gasteiger partial charge in [0.25, 0.3) is 17.5 Å². The van der Waals surface area contributed by atoms with Crippen molar-refractivity contribution in [2.45, 2.75) is 31.1 Å². The van der Waals surface area contributed by atoms with Gasteiger partial charge in [0.2, 0.25) is 0 Å². The van der Waals surface area contributed by atoms with E-state index in [4.69, 9.17) is 0 Å². The molecule has 2 aromatic rings. The lowest BCUT2D eigenvalue weighted by Gasteiger charge is -2.19. The Bertz CT molecular complexity index is 924. The molecule has 1 amide bonds. The number of carbonyl (C=O) groups is 1. The van der Waals surface area contributed by atoms with Gasteiger partial charge in [-0.15, -0.1) is 0 Å². The average Bonchev–Trinajstić information content (AvgIpc) is 2.96. The highest BCUT2D eigenvalue weighted by Crippen LogP contribution is 2.46. The van der Waals surface area contributed by atoms with Crippen molar-refractivity contribution in [1.82, 2.24) is 4.98 Å². The summed E-state index contributed by atoms with van der Waals surface area (Å²) in [6.07, 6.45) is 1.47. The highest BCUT2D eigenvalue weighted by molar-refractivity contribution is 14.1. The van der Waals surface area contributed by atoms with Crippen molar-refractivity contribution in [2.24, 2.45) is 0 Å². The second-order valence-corrected chi connectivity index (χ2v) is 7.34. The van der Waals surface area contributed by atoms with Gasteiger partial charge in [-0.05, 0) is 53.1 Å². The third-order valence-electron chi connectivity index (χ3n) is 4.41. The van der Waals surface area contributed by atoms with E-state index < -0.39 is 34.3 Å². The first-order valence-corrected chi connectivity index (χ1v) is 9.05. The van der Waals surface area contributed by atoms with E-state index in [1.165, 1.54) is 12.1 Å². The molecule has 0 saturated heterocycles. The Labute approximate surface area is 165 Å². The van der Waals surface area contributed by atoms with Gasteiger partial charge >= 0.3 is 0 Å². The zero-order valence-electron chi connectivity index (χ0n) is 13.7. The average molecular weight is 491 g/mol. The summed E-state index contributed by atoms with van der Waals surface area (Å²) in [6.45, 7) is 0. The number of amides is 1. The molecule has 0 radical (unpaired) electrons. The van der Waals surface area contributed by atoms with E-state index in [0.717, 1.165) is 18.3 Å². The molecular formula is C17H13F3IN3O3. The number of anilines is 1. The Morgan fingerprint density at radius 2 is 2.11 bits per heavy atom. The van der Waals surface area contributed by atoms with Gasteiger partial charge in [0.1, 0.15) is 0 Å². The van der Waals surface area contributed by atoms with Gasteiger partial charge < -0.3 is 5.32 Å². The van der Waals surface area contributed by atoms with Gasteiger partial charge in [0.15, 0.2) is 11.6 Å². The molecule has 1 saturated carbocycles. The van der Waals surface area contributed by atoms with Crippen molar-refractivity contribution < 1.29 is 22.9 Å². The number of nitro groups is 1. The summed E-state index contributed by atoms with van der Waals surface area (Å²) in [5.41, 5.74) is -0.219. The van der Waals surface area contributed by atoms with Gasteiger partial charge in [0.05, 0.1) is 10.5 Å². The predicted octanol–water partition coefficient (Wildman–Crippen LogP) is 4.89. The molecule has 0 spiro atoms. The summed E-state index contributed by atoms with van der Waals surface area (Å²) in [5.74, 6) is -6.15. The minimum atomic E-state index is -2.90. The van der Waals surface area contributed by atoms with Crippen LogP contribution in [0.3, 0.4) is 0 Å². The third kappa shape index (κ3) is 4.04. The number of aromatic nitrogens is 1. The lowest BCUT2D eigenvalue weighted by molar-refractivity contribution is -0.384. The third-order valence-corrected chi connectivity index (χ3v) is 5.36. The second kappa shape index (κ2) is 7.41. The van der Waals surface area contributed by atoms with Crippen LogP contribution in [0.15, 0.2) is 30.5 Å². The van der Waals surface area contributed by atoms with Crippen molar-refractivity contribution in [3.05, 3.63) is 61.1 Å². The topological polar surface area (TPSA) is 85.1 Å². The van der Waals surface area contributed by atoms with Crippen LogP contribution < -0.4 is 5.32 Å². The number of carbonyl (C=O) groups excluding carboxylic acids is 1. The molecule has 0 bridgehead atoms. The highest BCUT2D eigenvalue weighted by Gasteiger charge is 2.44.